The van der Waals surface area contributed by atoms with Crippen molar-refractivity contribution in [3.8, 4) is 11.5 Å². The van der Waals surface area contributed by atoms with E-state index in [0.717, 1.165) is 0 Å². The summed E-state index contributed by atoms with van der Waals surface area (Å²) in [5, 5.41) is 12.8. The van der Waals surface area contributed by atoms with Gasteiger partial charge in [0.05, 0.1) is 6.04 Å². The zero-order chi connectivity index (χ0) is 15.5. The number of phenols is 1. The maximum absolute atomic E-state index is 12.1. The Bertz CT molecular complexity index is 597. The number of hydrogen-bond acceptors (Lipinski definition) is 3. The monoisotopic (exact) mass is 297 g/mol. The van der Waals surface area contributed by atoms with Crippen molar-refractivity contribution in [2.45, 2.75) is 19.3 Å². The van der Waals surface area contributed by atoms with Crippen molar-refractivity contribution in [1.29, 1.82) is 0 Å². The number of alkyl halides is 3. The molecule has 3 nitrogen and oxygen atoms in total. The van der Waals surface area contributed by atoms with E-state index >= 15 is 0 Å². The van der Waals surface area contributed by atoms with E-state index in [1.165, 1.54) is 24.3 Å². The lowest BCUT2D eigenvalue weighted by Gasteiger charge is -2.17. The van der Waals surface area contributed by atoms with E-state index in [9.17, 15) is 18.3 Å². The smallest absolute Gasteiger partial charge is 0.508 e. The fourth-order valence-electron chi connectivity index (χ4n) is 1.93. The predicted octanol–water partition coefficient (Wildman–Crippen LogP) is 4.46. The minimum absolute atomic E-state index is 0.162. The molecule has 2 N–H and O–H groups in total. The Kier molecular flexibility index (Phi) is 4.26. The lowest BCUT2D eigenvalue weighted by Crippen LogP contribution is -2.17. The van der Waals surface area contributed by atoms with Gasteiger partial charge in [-0.2, -0.15) is 0 Å². The molecular weight excluding hydrogens is 283 g/mol. The van der Waals surface area contributed by atoms with Gasteiger partial charge in [0.1, 0.15) is 11.5 Å². The summed E-state index contributed by atoms with van der Waals surface area (Å²) in [6, 6.07) is 12.1. The normalized spacial score (nSPS) is 12.8. The molecule has 1 unspecified atom stereocenters. The molecule has 0 radical (unpaired) electrons. The van der Waals surface area contributed by atoms with Gasteiger partial charge in [-0.3, -0.25) is 0 Å². The van der Waals surface area contributed by atoms with Gasteiger partial charge in [0.15, 0.2) is 0 Å². The van der Waals surface area contributed by atoms with E-state index < -0.39 is 6.36 Å². The van der Waals surface area contributed by atoms with Gasteiger partial charge in [-0.25, -0.2) is 0 Å². The summed E-state index contributed by atoms with van der Waals surface area (Å²) in [6.45, 7) is 1.84. The largest absolute Gasteiger partial charge is 0.573 e. The van der Waals surface area contributed by atoms with Gasteiger partial charge in [-0.1, -0.05) is 18.2 Å². The maximum Gasteiger partial charge on any atom is 0.573 e. The Morgan fingerprint density at radius 1 is 1.05 bits per heavy atom. The zero-order valence-electron chi connectivity index (χ0n) is 11.2. The predicted molar refractivity (Wildman–Crippen MR) is 73.3 cm³/mol. The molecule has 0 bridgehead atoms. The number of hydrogen-bond donors (Lipinski definition) is 2. The summed E-state index contributed by atoms with van der Waals surface area (Å²) in [7, 11) is 0. The van der Waals surface area contributed by atoms with Crippen LogP contribution in [-0.2, 0) is 0 Å². The van der Waals surface area contributed by atoms with E-state index in [0.29, 0.717) is 11.3 Å². The van der Waals surface area contributed by atoms with Crippen LogP contribution in [0.5, 0.6) is 11.5 Å². The van der Waals surface area contributed by atoms with Crippen LogP contribution in [0.2, 0.25) is 0 Å². The fraction of sp³-hybridized carbons (Fsp3) is 0.200. The number of phenolic OH excluding ortho intramolecular Hbond substituents is 1. The Labute approximate surface area is 120 Å². The lowest BCUT2D eigenvalue weighted by atomic mass is 10.1. The minimum atomic E-state index is -4.70. The van der Waals surface area contributed by atoms with Crippen LogP contribution < -0.4 is 10.1 Å². The number of halogens is 3. The summed E-state index contributed by atoms with van der Waals surface area (Å²) in [6.07, 6.45) is -4.70. The summed E-state index contributed by atoms with van der Waals surface area (Å²) in [4.78, 5) is 0. The minimum Gasteiger partial charge on any atom is -0.508 e. The van der Waals surface area contributed by atoms with Gasteiger partial charge in [-0.15, -0.1) is 13.2 Å². The Morgan fingerprint density at radius 3 is 2.24 bits per heavy atom. The molecule has 2 aromatic carbocycles. The van der Waals surface area contributed by atoms with Gasteiger partial charge in [0.25, 0.3) is 0 Å². The van der Waals surface area contributed by atoms with Crippen LogP contribution >= 0.6 is 0 Å². The summed E-state index contributed by atoms with van der Waals surface area (Å²) < 4.78 is 40.0. The van der Waals surface area contributed by atoms with Crippen molar-refractivity contribution >= 4 is 5.69 Å². The molecular formula is C15H14F3NO2. The number of para-hydroxylation sites is 1. The van der Waals surface area contributed by atoms with Crippen LogP contribution in [-0.4, -0.2) is 11.5 Å². The second-order valence-corrected chi connectivity index (χ2v) is 4.50. The van der Waals surface area contributed by atoms with Crippen molar-refractivity contribution < 1.29 is 23.0 Å². The van der Waals surface area contributed by atoms with Gasteiger partial charge in [-0.05, 0) is 37.3 Å². The van der Waals surface area contributed by atoms with Crippen molar-refractivity contribution in [3.63, 3.8) is 0 Å². The van der Waals surface area contributed by atoms with E-state index in [2.05, 4.69) is 10.1 Å². The quantitative estimate of drug-likeness (QED) is 0.875. The summed E-state index contributed by atoms with van der Waals surface area (Å²) >= 11 is 0. The summed E-state index contributed by atoms with van der Waals surface area (Å²) in [5.74, 6) is -0.113. The summed E-state index contributed by atoms with van der Waals surface area (Å²) in [5.41, 5.74) is 1.33. The number of aromatic hydroxyl groups is 1. The van der Waals surface area contributed by atoms with E-state index in [1.807, 2.05) is 6.92 Å². The molecule has 0 spiro atoms. The Balaban J connectivity index is 2.05. The molecule has 0 fully saturated rings. The molecule has 0 saturated carbocycles. The molecule has 0 aliphatic carbocycles. The maximum atomic E-state index is 12.1. The van der Waals surface area contributed by atoms with Gasteiger partial charge < -0.3 is 15.2 Å². The average molecular weight is 297 g/mol. The molecule has 0 saturated heterocycles. The van der Waals surface area contributed by atoms with Crippen molar-refractivity contribution in [3.05, 3.63) is 54.1 Å². The van der Waals surface area contributed by atoms with Crippen molar-refractivity contribution in [2.75, 3.05) is 5.32 Å². The van der Waals surface area contributed by atoms with Crippen LogP contribution in [0.4, 0.5) is 18.9 Å². The highest BCUT2D eigenvalue weighted by molar-refractivity contribution is 5.49. The SMILES string of the molecule is CC(Nc1ccc(OC(F)(F)F)cc1)c1ccccc1O. The van der Waals surface area contributed by atoms with Crippen LogP contribution in [0.25, 0.3) is 0 Å². The number of nitrogens with one attached hydrogen (secondary N) is 1. The zero-order valence-corrected chi connectivity index (χ0v) is 11.2. The van der Waals surface area contributed by atoms with Crippen LogP contribution in [0.3, 0.4) is 0 Å². The average Bonchev–Trinajstić information content (AvgIpc) is 2.40. The van der Waals surface area contributed by atoms with E-state index in [4.69, 9.17) is 0 Å². The first kappa shape index (κ1) is 15.0. The molecule has 0 aliphatic heterocycles. The molecule has 112 valence electrons. The fourth-order valence-corrected chi connectivity index (χ4v) is 1.93. The van der Waals surface area contributed by atoms with Gasteiger partial charge >= 0.3 is 6.36 Å². The van der Waals surface area contributed by atoms with Crippen LogP contribution in [0.1, 0.15) is 18.5 Å². The van der Waals surface area contributed by atoms with Crippen molar-refractivity contribution in [1.82, 2.24) is 0 Å². The third-order valence-corrected chi connectivity index (χ3v) is 2.87. The second kappa shape index (κ2) is 5.95. The Morgan fingerprint density at radius 2 is 1.67 bits per heavy atom. The van der Waals surface area contributed by atoms with Gasteiger partial charge in [0, 0.05) is 11.3 Å². The molecule has 0 amide bonds. The molecule has 0 heterocycles. The third kappa shape index (κ3) is 4.30. The number of benzene rings is 2. The molecule has 0 aromatic heterocycles. The number of ether oxygens (including phenoxy) is 1. The molecule has 0 aliphatic rings. The molecule has 2 aromatic rings. The number of rotatable bonds is 4. The van der Waals surface area contributed by atoms with Gasteiger partial charge in [0.2, 0.25) is 0 Å². The standard InChI is InChI=1S/C15H14F3NO2/c1-10(13-4-2-3-5-14(13)20)19-11-6-8-12(9-7-11)21-15(16,17)18/h2-10,19-20H,1H3. The highest BCUT2D eigenvalue weighted by Crippen LogP contribution is 2.28. The second-order valence-electron chi connectivity index (χ2n) is 4.50. The van der Waals surface area contributed by atoms with Crippen LogP contribution in [0.15, 0.2) is 48.5 Å². The Hall–Kier alpha value is -2.37. The molecule has 1 atom stereocenters. The molecule has 6 heteroatoms. The molecule has 21 heavy (non-hydrogen) atoms. The first-order valence-corrected chi connectivity index (χ1v) is 6.25. The van der Waals surface area contributed by atoms with Crippen LogP contribution in [0, 0.1) is 0 Å². The van der Waals surface area contributed by atoms with E-state index in [1.54, 1.807) is 24.3 Å². The van der Waals surface area contributed by atoms with Crippen molar-refractivity contribution in [2.24, 2.45) is 0 Å². The third-order valence-electron chi connectivity index (χ3n) is 2.87. The first-order chi connectivity index (χ1) is 9.85. The highest BCUT2D eigenvalue weighted by atomic mass is 19.4. The lowest BCUT2D eigenvalue weighted by molar-refractivity contribution is -0.274. The highest BCUT2D eigenvalue weighted by Gasteiger charge is 2.30. The first-order valence-electron chi connectivity index (χ1n) is 6.25. The topological polar surface area (TPSA) is 41.5 Å². The molecule has 2 rings (SSSR count). The number of anilines is 1. The van der Waals surface area contributed by atoms with E-state index in [-0.39, 0.29) is 17.5 Å².